The van der Waals surface area contributed by atoms with Crippen LogP contribution in [0.3, 0.4) is 0 Å². The zero-order valence-electron chi connectivity index (χ0n) is 14.1. The lowest BCUT2D eigenvalue weighted by Gasteiger charge is -2.21. The predicted molar refractivity (Wildman–Crippen MR) is 97.5 cm³/mol. The van der Waals surface area contributed by atoms with E-state index in [1.165, 1.54) is 29.3 Å². The lowest BCUT2D eigenvalue weighted by Crippen LogP contribution is -2.37. The summed E-state index contributed by atoms with van der Waals surface area (Å²) in [5.74, 6) is -0.928. The number of carbonyl (C=O) groups excluding carboxylic acids is 2. The van der Waals surface area contributed by atoms with Gasteiger partial charge in [0.2, 0.25) is 11.8 Å². The molecule has 4 rings (SSSR count). The van der Waals surface area contributed by atoms with E-state index < -0.39 is 17.6 Å². The van der Waals surface area contributed by atoms with Gasteiger partial charge in [-0.3, -0.25) is 14.5 Å². The minimum atomic E-state index is -0.550. The lowest BCUT2D eigenvalue weighted by molar-refractivity contribution is -0.114. The number of hydrogen-bond acceptors (Lipinski definition) is 4. The van der Waals surface area contributed by atoms with E-state index in [9.17, 15) is 14.0 Å². The highest BCUT2D eigenvalue weighted by molar-refractivity contribution is 6.12. The summed E-state index contributed by atoms with van der Waals surface area (Å²) < 4.78 is 19.5. The molecule has 1 N–H and O–H groups in total. The minimum Gasteiger partial charge on any atom is -0.436 e. The number of nitrogens with one attached hydrogen (secondary N) is 1. The summed E-state index contributed by atoms with van der Waals surface area (Å²) >= 11 is 0. The summed E-state index contributed by atoms with van der Waals surface area (Å²) in [6, 6.07) is 15.9. The van der Waals surface area contributed by atoms with Crippen LogP contribution in [0, 0.1) is 5.82 Å². The average molecular weight is 363 g/mol. The quantitative estimate of drug-likeness (QED) is 0.772. The van der Waals surface area contributed by atoms with Gasteiger partial charge in [0.05, 0.1) is 11.4 Å². The Morgan fingerprint density at radius 2 is 1.85 bits per heavy atom. The van der Waals surface area contributed by atoms with Crippen molar-refractivity contribution < 1.29 is 18.7 Å². The van der Waals surface area contributed by atoms with E-state index in [1.807, 2.05) is 0 Å². The van der Waals surface area contributed by atoms with Gasteiger partial charge in [-0.1, -0.05) is 24.3 Å². The monoisotopic (exact) mass is 363 g/mol. The molecule has 2 heterocycles. The van der Waals surface area contributed by atoms with Gasteiger partial charge in [0.25, 0.3) is 5.91 Å². The van der Waals surface area contributed by atoms with Crippen LogP contribution in [0.1, 0.15) is 10.4 Å². The molecular formula is C20H14FN3O3. The molecule has 2 amide bonds. The van der Waals surface area contributed by atoms with E-state index in [1.54, 1.807) is 42.5 Å². The second-order valence-electron chi connectivity index (χ2n) is 5.85. The number of para-hydroxylation sites is 3. The third-order valence-corrected chi connectivity index (χ3v) is 4.06. The largest absolute Gasteiger partial charge is 0.436 e. The van der Waals surface area contributed by atoms with Gasteiger partial charge in [-0.2, -0.15) is 0 Å². The Labute approximate surface area is 154 Å². The van der Waals surface area contributed by atoms with Crippen molar-refractivity contribution in [3.63, 3.8) is 0 Å². The number of hydrogen-bond donors (Lipinski definition) is 1. The molecule has 6 nitrogen and oxygen atoms in total. The molecule has 0 radical (unpaired) electrons. The number of ether oxygens (including phenoxy) is 1. The SMILES string of the molecule is O=C(CN1C(=O)c2cccnc2Oc2ccccc21)Nc1ccccc1F. The van der Waals surface area contributed by atoms with Crippen LogP contribution < -0.4 is 15.0 Å². The molecule has 1 aliphatic rings. The van der Waals surface area contributed by atoms with Crippen molar-refractivity contribution in [2.75, 3.05) is 16.8 Å². The number of rotatable bonds is 3. The first-order valence-corrected chi connectivity index (χ1v) is 8.21. The Morgan fingerprint density at radius 1 is 1.07 bits per heavy atom. The molecule has 7 heteroatoms. The third-order valence-electron chi connectivity index (χ3n) is 4.06. The summed E-state index contributed by atoms with van der Waals surface area (Å²) in [5.41, 5.74) is 0.730. The summed E-state index contributed by atoms with van der Waals surface area (Å²) in [7, 11) is 0. The molecule has 0 aliphatic carbocycles. The lowest BCUT2D eigenvalue weighted by atomic mass is 10.2. The Kier molecular flexibility index (Phi) is 4.25. The molecule has 3 aromatic rings. The normalized spacial score (nSPS) is 12.5. The van der Waals surface area contributed by atoms with Gasteiger partial charge in [-0.25, -0.2) is 9.37 Å². The Balaban J connectivity index is 1.67. The highest BCUT2D eigenvalue weighted by Gasteiger charge is 2.30. The zero-order valence-corrected chi connectivity index (χ0v) is 14.1. The smallest absolute Gasteiger partial charge is 0.264 e. The van der Waals surface area contributed by atoms with Crippen LogP contribution in [-0.4, -0.2) is 23.3 Å². The van der Waals surface area contributed by atoms with Crippen molar-refractivity contribution in [3.8, 4) is 11.6 Å². The second kappa shape index (κ2) is 6.87. The fourth-order valence-corrected chi connectivity index (χ4v) is 2.81. The van der Waals surface area contributed by atoms with Gasteiger partial charge in [-0.05, 0) is 36.4 Å². The van der Waals surface area contributed by atoms with Gasteiger partial charge in [-0.15, -0.1) is 0 Å². The van der Waals surface area contributed by atoms with E-state index in [0.717, 1.165) is 0 Å². The number of benzene rings is 2. The van der Waals surface area contributed by atoms with E-state index in [4.69, 9.17) is 4.74 Å². The molecular weight excluding hydrogens is 349 g/mol. The van der Waals surface area contributed by atoms with Crippen LogP contribution in [0.15, 0.2) is 66.9 Å². The van der Waals surface area contributed by atoms with Gasteiger partial charge in [0.15, 0.2) is 5.75 Å². The first-order valence-electron chi connectivity index (χ1n) is 8.21. The maximum absolute atomic E-state index is 13.8. The van der Waals surface area contributed by atoms with Gasteiger partial charge < -0.3 is 10.1 Å². The van der Waals surface area contributed by atoms with Crippen molar-refractivity contribution in [3.05, 3.63) is 78.2 Å². The maximum atomic E-state index is 13.8. The Hall–Kier alpha value is -3.74. The number of aromatic nitrogens is 1. The molecule has 1 aromatic heterocycles. The summed E-state index contributed by atoms with van der Waals surface area (Å²) in [6.07, 6.45) is 1.52. The Morgan fingerprint density at radius 3 is 2.70 bits per heavy atom. The van der Waals surface area contributed by atoms with Crippen molar-refractivity contribution in [1.29, 1.82) is 0 Å². The van der Waals surface area contributed by atoms with Crippen LogP contribution in [-0.2, 0) is 4.79 Å². The van der Waals surface area contributed by atoms with E-state index in [2.05, 4.69) is 10.3 Å². The number of halogens is 1. The number of pyridine rings is 1. The average Bonchev–Trinajstić information content (AvgIpc) is 2.79. The van der Waals surface area contributed by atoms with E-state index >= 15 is 0 Å². The van der Waals surface area contributed by atoms with Gasteiger partial charge >= 0.3 is 0 Å². The van der Waals surface area contributed by atoms with Crippen LogP contribution in [0.25, 0.3) is 0 Å². The molecule has 0 saturated carbocycles. The number of anilines is 2. The second-order valence-corrected chi connectivity index (χ2v) is 5.85. The number of fused-ring (bicyclic) bond motifs is 2. The molecule has 0 saturated heterocycles. The fourth-order valence-electron chi connectivity index (χ4n) is 2.81. The zero-order chi connectivity index (χ0) is 18.8. The molecule has 27 heavy (non-hydrogen) atoms. The van der Waals surface area contributed by atoms with Crippen molar-refractivity contribution in [2.24, 2.45) is 0 Å². The first-order chi connectivity index (χ1) is 13.1. The van der Waals surface area contributed by atoms with E-state index in [-0.39, 0.29) is 23.7 Å². The van der Waals surface area contributed by atoms with Crippen LogP contribution in [0.2, 0.25) is 0 Å². The van der Waals surface area contributed by atoms with Crippen molar-refractivity contribution >= 4 is 23.2 Å². The van der Waals surface area contributed by atoms with Crippen LogP contribution >= 0.6 is 0 Å². The van der Waals surface area contributed by atoms with Gasteiger partial charge in [0.1, 0.15) is 17.9 Å². The van der Waals surface area contributed by atoms with Crippen LogP contribution in [0.5, 0.6) is 11.6 Å². The fraction of sp³-hybridized carbons (Fsp3) is 0.0500. The third kappa shape index (κ3) is 3.22. The minimum absolute atomic E-state index is 0.0522. The topological polar surface area (TPSA) is 71.5 Å². The van der Waals surface area contributed by atoms with Crippen LogP contribution in [0.4, 0.5) is 15.8 Å². The highest BCUT2D eigenvalue weighted by atomic mass is 19.1. The molecule has 0 bridgehead atoms. The highest BCUT2D eigenvalue weighted by Crippen LogP contribution is 2.37. The molecule has 0 atom stereocenters. The summed E-state index contributed by atoms with van der Waals surface area (Å²) in [5, 5.41) is 2.49. The van der Waals surface area contributed by atoms with E-state index in [0.29, 0.717) is 11.4 Å². The number of amides is 2. The molecule has 0 unspecified atom stereocenters. The van der Waals surface area contributed by atoms with Gasteiger partial charge in [0, 0.05) is 6.20 Å². The molecule has 0 fully saturated rings. The molecule has 1 aliphatic heterocycles. The number of nitrogens with zero attached hydrogens (tertiary/aromatic N) is 2. The van der Waals surface area contributed by atoms with Crippen molar-refractivity contribution in [2.45, 2.75) is 0 Å². The standard InChI is InChI=1S/C20H14FN3O3/c21-14-7-1-2-8-15(14)23-18(25)12-24-16-9-3-4-10-17(16)27-19-13(20(24)26)6-5-11-22-19/h1-11H,12H2,(H,23,25). The molecule has 0 spiro atoms. The van der Waals surface area contributed by atoms with Crippen molar-refractivity contribution in [1.82, 2.24) is 4.98 Å². The predicted octanol–water partition coefficient (Wildman–Crippen LogP) is 3.61. The number of carbonyl (C=O) groups is 2. The maximum Gasteiger partial charge on any atom is 0.264 e. The summed E-state index contributed by atoms with van der Waals surface area (Å²) in [4.78, 5) is 30.9. The molecule has 134 valence electrons. The molecule has 2 aromatic carbocycles. The summed E-state index contributed by atoms with van der Waals surface area (Å²) in [6.45, 7) is -0.304. The Bertz CT molecular complexity index is 1040. The first kappa shape index (κ1) is 16.7.